The number of hydrogen-bond acceptors (Lipinski definition) is 4. The molecule has 4 nitrogen and oxygen atoms in total. The van der Waals surface area contributed by atoms with Crippen LogP contribution in [0.3, 0.4) is 0 Å². The van der Waals surface area contributed by atoms with Crippen LogP contribution >= 0.6 is 36.2 Å². The normalized spacial score (nSPS) is 18.7. The van der Waals surface area contributed by atoms with E-state index in [4.69, 9.17) is 0 Å². The number of nitrogens with zero attached hydrogens (tertiary/aromatic N) is 2. The minimum Gasteiger partial charge on any atom is -0.337 e. The van der Waals surface area contributed by atoms with Crippen molar-refractivity contribution in [2.45, 2.75) is 25.8 Å². The molecule has 0 aromatic carbocycles. The lowest BCUT2D eigenvalue weighted by Crippen LogP contribution is -2.52. The third kappa shape index (κ3) is 4.72. The average Bonchev–Trinajstić information content (AvgIpc) is 2.79. The van der Waals surface area contributed by atoms with Crippen molar-refractivity contribution >= 4 is 42.1 Å². The highest BCUT2D eigenvalue weighted by atomic mass is 35.5. The van der Waals surface area contributed by atoms with Crippen LogP contribution in [-0.2, 0) is 11.2 Å². The molecule has 2 rings (SSSR count). The summed E-state index contributed by atoms with van der Waals surface area (Å²) in [5.41, 5.74) is 0. The van der Waals surface area contributed by atoms with Gasteiger partial charge in [-0.25, -0.2) is 4.98 Å². The highest BCUT2D eigenvalue weighted by Gasteiger charge is 2.22. The first-order chi connectivity index (χ1) is 7.77. The highest BCUT2D eigenvalue weighted by Crippen LogP contribution is 2.10. The molecule has 7 heteroatoms. The summed E-state index contributed by atoms with van der Waals surface area (Å²) in [4.78, 5) is 18.1. The Bertz CT molecular complexity index is 348. The summed E-state index contributed by atoms with van der Waals surface area (Å²) in [6.07, 6.45) is 3.14. The van der Waals surface area contributed by atoms with E-state index >= 15 is 0 Å². The molecule has 2 heterocycles. The van der Waals surface area contributed by atoms with Gasteiger partial charge in [0.25, 0.3) is 0 Å². The molecule has 0 unspecified atom stereocenters. The Morgan fingerprint density at radius 1 is 1.61 bits per heavy atom. The number of carbonyl (C=O) groups is 1. The SMILES string of the molecule is C[C@@H]1CNCCN1C(=O)CCc1nccs1.Cl.Cl. The van der Waals surface area contributed by atoms with Crippen LogP contribution in [0.2, 0.25) is 0 Å². The number of hydrogen-bond donors (Lipinski definition) is 1. The molecule has 18 heavy (non-hydrogen) atoms. The minimum absolute atomic E-state index is 0. The van der Waals surface area contributed by atoms with Crippen LogP contribution in [0.5, 0.6) is 0 Å². The second-order valence-corrected chi connectivity index (χ2v) is 5.05. The minimum atomic E-state index is 0. The highest BCUT2D eigenvalue weighted by molar-refractivity contribution is 7.09. The lowest BCUT2D eigenvalue weighted by Gasteiger charge is -2.34. The summed E-state index contributed by atoms with van der Waals surface area (Å²) in [7, 11) is 0. The molecule has 0 bridgehead atoms. The van der Waals surface area contributed by atoms with Crippen LogP contribution in [0.15, 0.2) is 11.6 Å². The van der Waals surface area contributed by atoms with Gasteiger partial charge in [0.1, 0.15) is 0 Å². The van der Waals surface area contributed by atoms with Crippen molar-refractivity contribution in [3.63, 3.8) is 0 Å². The molecule has 1 atom stereocenters. The maximum atomic E-state index is 12.0. The molecule has 1 aliphatic heterocycles. The number of carbonyl (C=O) groups excluding carboxylic acids is 1. The van der Waals surface area contributed by atoms with Crippen LogP contribution < -0.4 is 5.32 Å². The van der Waals surface area contributed by atoms with Gasteiger partial charge in [-0.05, 0) is 6.92 Å². The van der Waals surface area contributed by atoms with Crippen LogP contribution in [0.1, 0.15) is 18.4 Å². The van der Waals surface area contributed by atoms with Crippen molar-refractivity contribution in [1.29, 1.82) is 0 Å². The zero-order valence-corrected chi connectivity index (χ0v) is 12.7. The monoisotopic (exact) mass is 311 g/mol. The fourth-order valence-corrected chi connectivity index (χ4v) is 2.57. The Hall–Kier alpha value is -0.360. The summed E-state index contributed by atoms with van der Waals surface area (Å²) >= 11 is 1.62. The number of nitrogens with one attached hydrogen (secondary N) is 1. The van der Waals surface area contributed by atoms with Gasteiger partial charge in [0.05, 0.1) is 5.01 Å². The molecular formula is C11H19Cl2N3OS. The van der Waals surface area contributed by atoms with Gasteiger partial charge >= 0.3 is 0 Å². The van der Waals surface area contributed by atoms with Gasteiger partial charge in [0.15, 0.2) is 0 Å². The lowest BCUT2D eigenvalue weighted by atomic mass is 10.2. The summed E-state index contributed by atoms with van der Waals surface area (Å²) in [5.74, 6) is 0.254. The van der Waals surface area contributed by atoms with Gasteiger partial charge in [-0.15, -0.1) is 36.2 Å². The summed E-state index contributed by atoms with van der Waals surface area (Å²) in [6.45, 7) is 4.74. The predicted octanol–water partition coefficient (Wildman–Crippen LogP) is 1.74. The molecule has 0 saturated carbocycles. The Balaban J connectivity index is 0.00000144. The summed E-state index contributed by atoms with van der Waals surface area (Å²) < 4.78 is 0. The average molecular weight is 312 g/mol. The molecule has 1 saturated heterocycles. The molecule has 1 amide bonds. The van der Waals surface area contributed by atoms with Gasteiger partial charge in [-0.3, -0.25) is 4.79 Å². The molecule has 1 N–H and O–H groups in total. The van der Waals surface area contributed by atoms with Crippen LogP contribution in [0.4, 0.5) is 0 Å². The van der Waals surface area contributed by atoms with Crippen molar-refractivity contribution < 1.29 is 4.79 Å². The largest absolute Gasteiger partial charge is 0.337 e. The number of thiazole rings is 1. The molecule has 104 valence electrons. The summed E-state index contributed by atoms with van der Waals surface area (Å²) in [5, 5.41) is 6.29. The fraction of sp³-hybridized carbons (Fsp3) is 0.636. The zero-order valence-electron chi connectivity index (χ0n) is 10.3. The van der Waals surface area contributed by atoms with Crippen LogP contribution in [-0.4, -0.2) is 41.5 Å². The number of halogens is 2. The Morgan fingerprint density at radius 3 is 3.00 bits per heavy atom. The maximum Gasteiger partial charge on any atom is 0.223 e. The van der Waals surface area contributed by atoms with E-state index in [2.05, 4.69) is 17.2 Å². The number of rotatable bonds is 3. The molecular weight excluding hydrogens is 293 g/mol. The Morgan fingerprint density at radius 2 is 2.39 bits per heavy atom. The van der Waals surface area contributed by atoms with Crippen molar-refractivity contribution in [2.75, 3.05) is 19.6 Å². The van der Waals surface area contributed by atoms with E-state index in [1.165, 1.54) is 0 Å². The van der Waals surface area contributed by atoms with E-state index in [0.29, 0.717) is 12.5 Å². The second kappa shape index (κ2) is 8.69. The molecule has 1 aliphatic rings. The third-order valence-electron chi connectivity index (χ3n) is 2.86. The van der Waals surface area contributed by atoms with E-state index in [-0.39, 0.29) is 30.7 Å². The first kappa shape index (κ1) is 17.6. The summed E-state index contributed by atoms with van der Waals surface area (Å²) in [6, 6.07) is 0.317. The van der Waals surface area contributed by atoms with Gasteiger partial charge in [0, 0.05) is 50.1 Å². The number of piperazine rings is 1. The van der Waals surface area contributed by atoms with Crippen molar-refractivity contribution in [3.05, 3.63) is 16.6 Å². The molecule has 1 aromatic rings. The first-order valence-electron chi connectivity index (χ1n) is 5.66. The second-order valence-electron chi connectivity index (χ2n) is 4.07. The Labute approximate surface area is 124 Å². The number of aromatic nitrogens is 1. The quantitative estimate of drug-likeness (QED) is 0.925. The lowest BCUT2D eigenvalue weighted by molar-refractivity contribution is -0.133. The molecule has 0 spiro atoms. The first-order valence-corrected chi connectivity index (χ1v) is 6.54. The fourth-order valence-electron chi connectivity index (χ4n) is 1.95. The van der Waals surface area contributed by atoms with Crippen molar-refractivity contribution in [1.82, 2.24) is 15.2 Å². The predicted molar refractivity (Wildman–Crippen MR) is 79.0 cm³/mol. The molecule has 1 fully saturated rings. The van der Waals surface area contributed by atoms with E-state index < -0.39 is 0 Å². The van der Waals surface area contributed by atoms with Gasteiger partial charge in [-0.1, -0.05) is 0 Å². The maximum absolute atomic E-state index is 12.0. The van der Waals surface area contributed by atoms with E-state index in [0.717, 1.165) is 31.1 Å². The van der Waals surface area contributed by atoms with Gasteiger partial charge in [-0.2, -0.15) is 0 Å². The zero-order chi connectivity index (χ0) is 11.4. The van der Waals surface area contributed by atoms with Crippen molar-refractivity contribution in [3.8, 4) is 0 Å². The third-order valence-corrected chi connectivity index (χ3v) is 3.70. The van der Waals surface area contributed by atoms with E-state index in [9.17, 15) is 4.79 Å². The van der Waals surface area contributed by atoms with Gasteiger partial charge in [0.2, 0.25) is 5.91 Å². The molecule has 1 aromatic heterocycles. The van der Waals surface area contributed by atoms with Crippen LogP contribution in [0.25, 0.3) is 0 Å². The number of amides is 1. The van der Waals surface area contributed by atoms with E-state index in [1.54, 1.807) is 17.5 Å². The Kier molecular flexibility index (Phi) is 8.52. The van der Waals surface area contributed by atoms with Crippen molar-refractivity contribution in [2.24, 2.45) is 0 Å². The topological polar surface area (TPSA) is 45.2 Å². The van der Waals surface area contributed by atoms with Gasteiger partial charge < -0.3 is 10.2 Å². The number of aryl methyl sites for hydroxylation is 1. The standard InChI is InChI=1S/C11H17N3OS.2ClH/c1-9-8-12-4-6-14(9)11(15)3-2-10-13-5-7-16-10;;/h5,7,9,12H,2-4,6,8H2,1H3;2*1H/t9-;;/m1../s1. The van der Waals surface area contributed by atoms with E-state index in [1.807, 2.05) is 10.3 Å². The van der Waals surface area contributed by atoms with Crippen LogP contribution in [0, 0.1) is 0 Å². The molecule has 0 radical (unpaired) electrons. The smallest absolute Gasteiger partial charge is 0.223 e. The molecule has 0 aliphatic carbocycles.